The van der Waals surface area contributed by atoms with Gasteiger partial charge in [-0.25, -0.2) is 0 Å². The van der Waals surface area contributed by atoms with E-state index >= 15 is 0 Å². The van der Waals surface area contributed by atoms with E-state index in [1.165, 1.54) is 7.11 Å². The molecule has 4 atom stereocenters. The zero-order valence-corrected chi connectivity index (χ0v) is 16.6. The summed E-state index contributed by atoms with van der Waals surface area (Å²) in [5.74, 6) is -0.336. The molecule has 0 bridgehead atoms. The van der Waals surface area contributed by atoms with Gasteiger partial charge in [0.15, 0.2) is 0 Å². The summed E-state index contributed by atoms with van der Waals surface area (Å²) in [4.78, 5) is 23.2. The molecule has 0 heterocycles. The van der Waals surface area contributed by atoms with E-state index < -0.39 is 12.2 Å². The van der Waals surface area contributed by atoms with E-state index in [2.05, 4.69) is 10.5 Å². The molecule has 0 aromatic heterocycles. The molecule has 0 radical (unpaired) electrons. The number of benzene rings is 1. The van der Waals surface area contributed by atoms with Gasteiger partial charge in [-0.15, -0.1) is 5.73 Å². The maximum atomic E-state index is 12.2. The first-order chi connectivity index (χ1) is 14.0. The number of hydrogen-bond donors (Lipinski definition) is 2. The Balaban J connectivity index is 1.86. The second-order valence-corrected chi connectivity index (χ2v) is 6.92. The summed E-state index contributed by atoms with van der Waals surface area (Å²) in [5, 5.41) is 20.3. The SMILES string of the molecule is COC(=O)CCC=C=CCC1C(=O)CC(O)C1/C=C/C(O)COc1ccccc1. The lowest BCUT2D eigenvalue weighted by molar-refractivity contribution is -0.140. The molecule has 1 aliphatic rings. The summed E-state index contributed by atoms with van der Waals surface area (Å²) in [6, 6.07) is 9.18. The number of aliphatic hydroxyl groups is 2. The molecule has 0 amide bonds. The van der Waals surface area contributed by atoms with Crippen molar-refractivity contribution < 1.29 is 29.3 Å². The summed E-state index contributed by atoms with van der Waals surface area (Å²) in [6.07, 6.45) is 6.48. The second kappa shape index (κ2) is 12.0. The Bertz CT molecular complexity index is 748. The Labute approximate surface area is 171 Å². The van der Waals surface area contributed by atoms with E-state index in [0.29, 0.717) is 18.6 Å². The molecular weight excluding hydrogens is 372 g/mol. The fourth-order valence-electron chi connectivity index (χ4n) is 3.19. The van der Waals surface area contributed by atoms with Gasteiger partial charge < -0.3 is 19.7 Å². The predicted molar refractivity (Wildman–Crippen MR) is 108 cm³/mol. The van der Waals surface area contributed by atoms with Gasteiger partial charge >= 0.3 is 5.97 Å². The molecule has 6 nitrogen and oxygen atoms in total. The first-order valence-corrected chi connectivity index (χ1v) is 9.72. The molecule has 2 rings (SSSR count). The average molecular weight is 400 g/mol. The minimum atomic E-state index is -0.840. The summed E-state index contributed by atoms with van der Waals surface area (Å²) in [7, 11) is 1.34. The van der Waals surface area contributed by atoms with Crippen LogP contribution in [0.3, 0.4) is 0 Å². The van der Waals surface area contributed by atoms with E-state index in [1.54, 1.807) is 36.4 Å². The number of carbonyl (C=O) groups excluding carboxylic acids is 2. The monoisotopic (exact) mass is 400 g/mol. The number of aliphatic hydroxyl groups excluding tert-OH is 2. The number of esters is 1. The number of hydrogen-bond acceptors (Lipinski definition) is 6. The highest BCUT2D eigenvalue weighted by atomic mass is 16.5. The Morgan fingerprint density at radius 1 is 1.31 bits per heavy atom. The van der Waals surface area contributed by atoms with Crippen LogP contribution in [-0.4, -0.2) is 47.9 Å². The summed E-state index contributed by atoms with van der Waals surface area (Å²) >= 11 is 0. The van der Waals surface area contributed by atoms with Gasteiger partial charge in [0.1, 0.15) is 24.2 Å². The zero-order chi connectivity index (χ0) is 21.1. The van der Waals surface area contributed by atoms with Gasteiger partial charge in [-0.2, -0.15) is 0 Å². The molecule has 1 aliphatic carbocycles. The van der Waals surface area contributed by atoms with Crippen molar-refractivity contribution in [2.45, 2.75) is 37.9 Å². The molecule has 156 valence electrons. The first-order valence-electron chi connectivity index (χ1n) is 9.72. The van der Waals surface area contributed by atoms with Crippen molar-refractivity contribution in [3.05, 3.63) is 60.4 Å². The fourth-order valence-corrected chi connectivity index (χ4v) is 3.19. The maximum Gasteiger partial charge on any atom is 0.305 e. The van der Waals surface area contributed by atoms with Crippen molar-refractivity contribution in [2.24, 2.45) is 11.8 Å². The fraction of sp³-hybridized carbons (Fsp3) is 0.435. The van der Waals surface area contributed by atoms with Gasteiger partial charge in [0, 0.05) is 24.7 Å². The third-order valence-corrected chi connectivity index (χ3v) is 4.78. The second-order valence-electron chi connectivity index (χ2n) is 6.92. The smallest absolute Gasteiger partial charge is 0.305 e. The maximum absolute atomic E-state index is 12.2. The van der Waals surface area contributed by atoms with Crippen LogP contribution in [0.1, 0.15) is 25.7 Å². The van der Waals surface area contributed by atoms with E-state index in [4.69, 9.17) is 4.74 Å². The summed E-state index contributed by atoms with van der Waals surface area (Å²) in [6.45, 7) is 0.0881. The molecule has 1 aromatic carbocycles. The Morgan fingerprint density at radius 3 is 2.79 bits per heavy atom. The van der Waals surface area contributed by atoms with E-state index in [9.17, 15) is 19.8 Å². The highest BCUT2D eigenvalue weighted by Gasteiger charge is 2.39. The van der Waals surface area contributed by atoms with Gasteiger partial charge in [0.2, 0.25) is 0 Å². The third-order valence-electron chi connectivity index (χ3n) is 4.78. The highest BCUT2D eigenvalue weighted by Crippen LogP contribution is 2.33. The van der Waals surface area contributed by atoms with Crippen molar-refractivity contribution in [2.75, 3.05) is 13.7 Å². The number of Topliss-reactive ketones (excluding diaryl/α,β-unsaturated/α-hetero) is 1. The molecular formula is C23H28O6. The number of rotatable bonds is 10. The van der Waals surface area contributed by atoms with Crippen molar-refractivity contribution in [1.29, 1.82) is 0 Å². The quantitative estimate of drug-likeness (QED) is 0.356. The largest absolute Gasteiger partial charge is 0.491 e. The third kappa shape index (κ3) is 7.70. The molecule has 0 saturated heterocycles. The normalized spacial score (nSPS) is 22.2. The molecule has 1 saturated carbocycles. The molecule has 2 N–H and O–H groups in total. The van der Waals surface area contributed by atoms with Crippen LogP contribution >= 0.6 is 0 Å². The van der Waals surface area contributed by atoms with Crippen LogP contribution in [0.4, 0.5) is 0 Å². The number of ketones is 1. The minimum Gasteiger partial charge on any atom is -0.491 e. The Morgan fingerprint density at radius 2 is 2.07 bits per heavy atom. The number of ether oxygens (including phenoxy) is 2. The van der Waals surface area contributed by atoms with Crippen LogP contribution < -0.4 is 4.74 Å². The minimum absolute atomic E-state index is 0.00483. The first kappa shape index (κ1) is 22.6. The number of allylic oxidation sites excluding steroid dienone is 1. The number of methoxy groups -OCH3 is 1. The summed E-state index contributed by atoms with van der Waals surface area (Å²) in [5.41, 5.74) is 2.97. The van der Waals surface area contributed by atoms with Gasteiger partial charge in [-0.3, -0.25) is 9.59 Å². The highest BCUT2D eigenvalue weighted by molar-refractivity contribution is 5.84. The van der Waals surface area contributed by atoms with Crippen LogP contribution in [0.15, 0.2) is 60.4 Å². The molecule has 1 aromatic rings. The van der Waals surface area contributed by atoms with Crippen LogP contribution in [0.5, 0.6) is 5.75 Å². The van der Waals surface area contributed by atoms with Gasteiger partial charge in [0.25, 0.3) is 0 Å². The summed E-state index contributed by atoms with van der Waals surface area (Å²) < 4.78 is 10.1. The lowest BCUT2D eigenvalue weighted by Crippen LogP contribution is -2.20. The Kier molecular flexibility index (Phi) is 9.38. The average Bonchev–Trinajstić information content (AvgIpc) is 3.00. The predicted octanol–water partition coefficient (Wildman–Crippen LogP) is 2.60. The van der Waals surface area contributed by atoms with Gasteiger partial charge in [-0.05, 0) is 37.1 Å². The molecule has 4 unspecified atom stereocenters. The lowest BCUT2D eigenvalue weighted by Gasteiger charge is -2.16. The van der Waals surface area contributed by atoms with Gasteiger partial charge in [0.05, 0.1) is 13.2 Å². The van der Waals surface area contributed by atoms with Crippen LogP contribution in [-0.2, 0) is 14.3 Å². The molecule has 0 aliphatic heterocycles. The van der Waals surface area contributed by atoms with Crippen molar-refractivity contribution in [3.8, 4) is 5.75 Å². The zero-order valence-electron chi connectivity index (χ0n) is 16.6. The lowest BCUT2D eigenvalue weighted by atomic mass is 9.90. The number of para-hydroxylation sites is 1. The van der Waals surface area contributed by atoms with E-state index in [0.717, 1.165) is 0 Å². The van der Waals surface area contributed by atoms with Crippen molar-refractivity contribution >= 4 is 11.8 Å². The van der Waals surface area contributed by atoms with Crippen LogP contribution in [0.2, 0.25) is 0 Å². The molecule has 0 spiro atoms. The van der Waals surface area contributed by atoms with E-state index in [-0.39, 0.29) is 43.0 Å². The van der Waals surface area contributed by atoms with Crippen LogP contribution in [0.25, 0.3) is 0 Å². The van der Waals surface area contributed by atoms with E-state index in [1.807, 2.05) is 18.2 Å². The van der Waals surface area contributed by atoms with Crippen molar-refractivity contribution in [1.82, 2.24) is 0 Å². The standard InChI is InChI=1S/C23H28O6/c1-28-23(27)12-8-3-2-7-11-19-20(22(26)15-21(19)25)14-13-17(24)16-29-18-9-5-4-6-10-18/h3-7,9-10,13-14,17,19-20,22,24,26H,8,11-12,15-16H2,1H3/b14-13+. The van der Waals surface area contributed by atoms with Crippen LogP contribution in [0, 0.1) is 11.8 Å². The molecule has 1 fully saturated rings. The Hall–Kier alpha value is -2.66. The van der Waals surface area contributed by atoms with Gasteiger partial charge in [-0.1, -0.05) is 30.4 Å². The number of carbonyl (C=O) groups is 2. The molecule has 6 heteroatoms. The van der Waals surface area contributed by atoms with Crippen molar-refractivity contribution in [3.63, 3.8) is 0 Å². The topological polar surface area (TPSA) is 93.1 Å². The molecule has 29 heavy (non-hydrogen) atoms.